The molecule has 0 aliphatic heterocycles. The van der Waals surface area contributed by atoms with Crippen molar-refractivity contribution in [2.75, 3.05) is 6.54 Å². The summed E-state index contributed by atoms with van der Waals surface area (Å²) in [7, 11) is 0. The van der Waals surface area contributed by atoms with Crippen molar-refractivity contribution in [1.82, 2.24) is 10.3 Å². The van der Waals surface area contributed by atoms with E-state index in [1.807, 2.05) is 6.20 Å². The molecule has 0 saturated carbocycles. The molecule has 0 fully saturated rings. The van der Waals surface area contributed by atoms with E-state index in [-0.39, 0.29) is 0 Å². The van der Waals surface area contributed by atoms with Gasteiger partial charge in [-0.25, -0.2) is 0 Å². The molecule has 90 valence electrons. The summed E-state index contributed by atoms with van der Waals surface area (Å²) >= 11 is 3.40. The van der Waals surface area contributed by atoms with Crippen molar-refractivity contribution in [1.29, 1.82) is 0 Å². The first kappa shape index (κ1) is 13.7. The predicted molar refractivity (Wildman–Crippen MR) is 72.6 cm³/mol. The van der Waals surface area contributed by atoms with Crippen LogP contribution in [0.3, 0.4) is 0 Å². The first-order valence-electron chi connectivity index (χ1n) is 6.10. The SMILES string of the molecule is CCCNC(CC)CCc1ccc(Br)cn1. The predicted octanol–water partition coefficient (Wildman–Crippen LogP) is 3.55. The second-order valence-electron chi connectivity index (χ2n) is 4.07. The molecule has 1 rings (SSSR count). The third kappa shape index (κ3) is 5.08. The van der Waals surface area contributed by atoms with Crippen LogP contribution in [-0.2, 0) is 6.42 Å². The zero-order valence-electron chi connectivity index (χ0n) is 10.2. The quantitative estimate of drug-likeness (QED) is 0.828. The average molecular weight is 285 g/mol. The molecule has 0 spiro atoms. The Morgan fingerprint density at radius 2 is 2.19 bits per heavy atom. The Kier molecular flexibility index (Phi) is 6.65. The lowest BCUT2D eigenvalue weighted by Gasteiger charge is -2.15. The molecule has 0 bridgehead atoms. The number of hydrogen-bond acceptors (Lipinski definition) is 2. The molecule has 0 saturated heterocycles. The van der Waals surface area contributed by atoms with Crippen molar-refractivity contribution in [2.45, 2.75) is 45.6 Å². The first-order chi connectivity index (χ1) is 7.76. The van der Waals surface area contributed by atoms with Crippen molar-refractivity contribution < 1.29 is 0 Å². The lowest BCUT2D eigenvalue weighted by atomic mass is 10.1. The number of halogens is 1. The van der Waals surface area contributed by atoms with E-state index in [4.69, 9.17) is 0 Å². The van der Waals surface area contributed by atoms with Crippen LogP contribution in [0.5, 0.6) is 0 Å². The molecule has 1 unspecified atom stereocenters. The molecule has 3 heteroatoms. The van der Waals surface area contributed by atoms with Crippen molar-refractivity contribution in [2.24, 2.45) is 0 Å². The lowest BCUT2D eigenvalue weighted by Crippen LogP contribution is -2.29. The van der Waals surface area contributed by atoms with E-state index in [0.717, 1.165) is 17.4 Å². The van der Waals surface area contributed by atoms with Gasteiger partial charge in [-0.05, 0) is 60.3 Å². The van der Waals surface area contributed by atoms with Crippen LogP contribution < -0.4 is 5.32 Å². The highest BCUT2D eigenvalue weighted by molar-refractivity contribution is 9.10. The number of rotatable bonds is 7. The second kappa shape index (κ2) is 7.80. The van der Waals surface area contributed by atoms with Crippen LogP contribution in [-0.4, -0.2) is 17.6 Å². The molecular formula is C13H21BrN2. The summed E-state index contributed by atoms with van der Waals surface area (Å²) in [4.78, 5) is 4.39. The molecule has 1 N–H and O–H groups in total. The number of hydrogen-bond donors (Lipinski definition) is 1. The number of aryl methyl sites for hydroxylation is 1. The summed E-state index contributed by atoms with van der Waals surface area (Å²) in [5.74, 6) is 0. The summed E-state index contributed by atoms with van der Waals surface area (Å²) in [5, 5.41) is 3.56. The molecule has 1 aromatic heterocycles. The van der Waals surface area contributed by atoms with E-state index in [9.17, 15) is 0 Å². The summed E-state index contributed by atoms with van der Waals surface area (Å²) in [6.07, 6.45) is 6.49. The Balaban J connectivity index is 2.34. The standard InChI is InChI=1S/C13H21BrN2/c1-3-9-15-12(4-2)7-8-13-6-5-11(14)10-16-13/h5-6,10,12,15H,3-4,7-9H2,1-2H3. The number of nitrogens with zero attached hydrogens (tertiary/aromatic N) is 1. The van der Waals surface area contributed by atoms with Gasteiger partial charge in [-0.1, -0.05) is 13.8 Å². The maximum atomic E-state index is 4.39. The van der Waals surface area contributed by atoms with Crippen molar-refractivity contribution in [3.05, 3.63) is 28.5 Å². The van der Waals surface area contributed by atoms with E-state index >= 15 is 0 Å². The van der Waals surface area contributed by atoms with E-state index < -0.39 is 0 Å². The van der Waals surface area contributed by atoms with Crippen LogP contribution in [0.4, 0.5) is 0 Å². The van der Waals surface area contributed by atoms with Gasteiger partial charge in [-0.2, -0.15) is 0 Å². The minimum atomic E-state index is 0.630. The zero-order chi connectivity index (χ0) is 11.8. The van der Waals surface area contributed by atoms with Gasteiger partial charge in [0.05, 0.1) is 0 Å². The summed E-state index contributed by atoms with van der Waals surface area (Å²) in [6.45, 7) is 5.56. The van der Waals surface area contributed by atoms with Gasteiger partial charge in [0, 0.05) is 22.4 Å². The van der Waals surface area contributed by atoms with Gasteiger partial charge < -0.3 is 5.32 Å². The third-order valence-electron chi connectivity index (χ3n) is 2.71. The molecule has 2 nitrogen and oxygen atoms in total. The maximum absolute atomic E-state index is 4.39. The Morgan fingerprint density at radius 1 is 1.38 bits per heavy atom. The summed E-state index contributed by atoms with van der Waals surface area (Å²) < 4.78 is 1.05. The molecule has 0 aliphatic carbocycles. The molecule has 16 heavy (non-hydrogen) atoms. The largest absolute Gasteiger partial charge is 0.314 e. The fourth-order valence-corrected chi connectivity index (χ4v) is 1.91. The topological polar surface area (TPSA) is 24.9 Å². The lowest BCUT2D eigenvalue weighted by molar-refractivity contribution is 0.466. The monoisotopic (exact) mass is 284 g/mol. The van der Waals surface area contributed by atoms with Crippen molar-refractivity contribution in [3.8, 4) is 0 Å². The number of pyridine rings is 1. The average Bonchev–Trinajstić information content (AvgIpc) is 2.32. The fraction of sp³-hybridized carbons (Fsp3) is 0.615. The molecule has 1 heterocycles. The smallest absolute Gasteiger partial charge is 0.0413 e. The van der Waals surface area contributed by atoms with Gasteiger partial charge in [-0.15, -0.1) is 0 Å². The van der Waals surface area contributed by atoms with E-state index in [0.29, 0.717) is 6.04 Å². The molecular weight excluding hydrogens is 264 g/mol. The highest BCUT2D eigenvalue weighted by Crippen LogP contribution is 2.10. The van der Waals surface area contributed by atoms with Gasteiger partial charge in [0.2, 0.25) is 0 Å². The van der Waals surface area contributed by atoms with Gasteiger partial charge in [0.15, 0.2) is 0 Å². The first-order valence-corrected chi connectivity index (χ1v) is 6.89. The zero-order valence-corrected chi connectivity index (χ0v) is 11.8. The Morgan fingerprint density at radius 3 is 2.75 bits per heavy atom. The molecule has 0 radical (unpaired) electrons. The highest BCUT2D eigenvalue weighted by atomic mass is 79.9. The fourth-order valence-electron chi connectivity index (χ4n) is 1.68. The van der Waals surface area contributed by atoms with E-state index in [1.165, 1.54) is 25.0 Å². The third-order valence-corrected chi connectivity index (χ3v) is 3.18. The van der Waals surface area contributed by atoms with E-state index in [2.05, 4.69) is 52.2 Å². The van der Waals surface area contributed by atoms with Crippen LogP contribution in [0.25, 0.3) is 0 Å². The molecule has 0 aromatic carbocycles. The molecule has 0 amide bonds. The Bertz CT molecular complexity index is 284. The highest BCUT2D eigenvalue weighted by Gasteiger charge is 2.05. The number of aromatic nitrogens is 1. The maximum Gasteiger partial charge on any atom is 0.0413 e. The van der Waals surface area contributed by atoms with Crippen LogP contribution in [0.1, 0.15) is 38.8 Å². The summed E-state index contributed by atoms with van der Waals surface area (Å²) in [6, 6.07) is 4.78. The number of nitrogens with one attached hydrogen (secondary N) is 1. The molecule has 0 aliphatic rings. The van der Waals surface area contributed by atoms with Gasteiger partial charge in [0.1, 0.15) is 0 Å². The van der Waals surface area contributed by atoms with Crippen LogP contribution in [0, 0.1) is 0 Å². The van der Waals surface area contributed by atoms with Crippen LogP contribution in [0.2, 0.25) is 0 Å². The molecule has 1 aromatic rings. The van der Waals surface area contributed by atoms with Crippen LogP contribution in [0.15, 0.2) is 22.8 Å². The van der Waals surface area contributed by atoms with E-state index in [1.54, 1.807) is 0 Å². The Hall–Kier alpha value is -0.410. The normalized spacial score (nSPS) is 12.7. The van der Waals surface area contributed by atoms with Crippen molar-refractivity contribution in [3.63, 3.8) is 0 Å². The molecule has 1 atom stereocenters. The Labute approximate surface area is 107 Å². The van der Waals surface area contributed by atoms with Gasteiger partial charge >= 0.3 is 0 Å². The second-order valence-corrected chi connectivity index (χ2v) is 4.98. The van der Waals surface area contributed by atoms with Crippen molar-refractivity contribution >= 4 is 15.9 Å². The summed E-state index contributed by atoms with van der Waals surface area (Å²) in [5.41, 5.74) is 1.18. The van der Waals surface area contributed by atoms with Gasteiger partial charge in [0.25, 0.3) is 0 Å². The minimum absolute atomic E-state index is 0.630. The minimum Gasteiger partial charge on any atom is -0.314 e. The van der Waals surface area contributed by atoms with Gasteiger partial charge in [-0.3, -0.25) is 4.98 Å². The van der Waals surface area contributed by atoms with Crippen LogP contribution >= 0.6 is 15.9 Å².